The molecule has 1 aliphatic rings. The molecule has 0 radical (unpaired) electrons. The molecule has 0 spiro atoms. The van der Waals surface area contributed by atoms with E-state index in [1.165, 1.54) is 22.3 Å². The van der Waals surface area contributed by atoms with Crippen LogP contribution in [0.3, 0.4) is 0 Å². The first-order valence-electron chi connectivity index (χ1n) is 8.34. The van der Waals surface area contributed by atoms with Crippen molar-refractivity contribution >= 4 is 0 Å². The smallest absolute Gasteiger partial charge is 0.0594 e. The van der Waals surface area contributed by atoms with Gasteiger partial charge in [0.15, 0.2) is 0 Å². The van der Waals surface area contributed by atoms with Crippen molar-refractivity contribution in [2.45, 2.75) is 13.1 Å². The summed E-state index contributed by atoms with van der Waals surface area (Å²) in [5.74, 6) is 0. The molecule has 0 amide bonds. The lowest BCUT2D eigenvalue weighted by atomic mass is 9.97. The first-order valence-corrected chi connectivity index (χ1v) is 8.34. The van der Waals surface area contributed by atoms with Crippen molar-refractivity contribution in [3.8, 4) is 11.1 Å². The van der Waals surface area contributed by atoms with E-state index in [4.69, 9.17) is 4.74 Å². The van der Waals surface area contributed by atoms with Gasteiger partial charge in [0, 0.05) is 26.2 Å². The van der Waals surface area contributed by atoms with E-state index in [0.29, 0.717) is 0 Å². The van der Waals surface area contributed by atoms with E-state index in [1.807, 2.05) is 0 Å². The Morgan fingerprint density at radius 3 is 2.43 bits per heavy atom. The van der Waals surface area contributed by atoms with Gasteiger partial charge in [-0.15, -0.1) is 0 Å². The minimum absolute atomic E-state index is 0.845. The highest BCUT2D eigenvalue weighted by molar-refractivity contribution is 5.67. The molecule has 1 aliphatic heterocycles. The summed E-state index contributed by atoms with van der Waals surface area (Å²) < 4.78 is 5.48. The molecule has 2 aromatic carbocycles. The summed E-state index contributed by atoms with van der Waals surface area (Å²) in [6.07, 6.45) is 0. The molecule has 1 fully saturated rings. The minimum atomic E-state index is 0.845. The van der Waals surface area contributed by atoms with Gasteiger partial charge in [-0.25, -0.2) is 0 Å². The van der Waals surface area contributed by atoms with Gasteiger partial charge < -0.3 is 9.64 Å². The van der Waals surface area contributed by atoms with Crippen LogP contribution in [-0.4, -0.2) is 50.2 Å². The maximum atomic E-state index is 5.48. The van der Waals surface area contributed by atoms with E-state index < -0.39 is 0 Å². The number of morpholine rings is 1. The normalized spacial score (nSPS) is 16.0. The van der Waals surface area contributed by atoms with Crippen LogP contribution < -0.4 is 0 Å². The average Bonchev–Trinajstić information content (AvgIpc) is 2.56. The van der Waals surface area contributed by atoms with Crippen molar-refractivity contribution in [1.29, 1.82) is 0 Å². The Labute approximate surface area is 139 Å². The number of benzene rings is 2. The molecule has 0 aliphatic carbocycles. The molecule has 0 saturated carbocycles. The molecule has 1 heterocycles. The molecule has 3 rings (SSSR count). The Balaban J connectivity index is 1.90. The third kappa shape index (κ3) is 4.41. The van der Waals surface area contributed by atoms with Crippen LogP contribution in [-0.2, 0) is 17.8 Å². The molecule has 0 N–H and O–H groups in total. The molecule has 23 heavy (non-hydrogen) atoms. The lowest BCUT2D eigenvalue weighted by Gasteiger charge is -2.28. The Bertz CT molecular complexity index is 619. The summed E-state index contributed by atoms with van der Waals surface area (Å²) in [7, 11) is 4.24. The third-order valence-corrected chi connectivity index (χ3v) is 4.25. The van der Waals surface area contributed by atoms with E-state index >= 15 is 0 Å². The number of ether oxygens (including phenoxy) is 1. The summed E-state index contributed by atoms with van der Waals surface area (Å²) in [6, 6.07) is 17.6. The van der Waals surface area contributed by atoms with E-state index in [1.54, 1.807) is 0 Å². The lowest BCUT2D eigenvalue weighted by Crippen LogP contribution is -2.35. The van der Waals surface area contributed by atoms with Crippen LogP contribution in [0.2, 0.25) is 0 Å². The topological polar surface area (TPSA) is 15.7 Å². The van der Waals surface area contributed by atoms with Crippen LogP contribution in [0.5, 0.6) is 0 Å². The van der Waals surface area contributed by atoms with Crippen LogP contribution in [0.1, 0.15) is 11.1 Å². The highest BCUT2D eigenvalue weighted by Crippen LogP contribution is 2.26. The molecule has 0 bridgehead atoms. The predicted molar refractivity (Wildman–Crippen MR) is 95.4 cm³/mol. The van der Waals surface area contributed by atoms with Crippen molar-refractivity contribution in [2.24, 2.45) is 0 Å². The van der Waals surface area contributed by atoms with E-state index in [-0.39, 0.29) is 0 Å². The van der Waals surface area contributed by atoms with Crippen LogP contribution in [0.25, 0.3) is 11.1 Å². The summed E-state index contributed by atoms with van der Waals surface area (Å²) >= 11 is 0. The molecule has 122 valence electrons. The maximum absolute atomic E-state index is 5.48. The van der Waals surface area contributed by atoms with Crippen LogP contribution in [0.15, 0.2) is 48.5 Å². The van der Waals surface area contributed by atoms with Gasteiger partial charge in [0.2, 0.25) is 0 Å². The zero-order valence-electron chi connectivity index (χ0n) is 14.2. The molecule has 1 saturated heterocycles. The Morgan fingerprint density at radius 2 is 1.74 bits per heavy atom. The zero-order valence-corrected chi connectivity index (χ0v) is 14.2. The monoisotopic (exact) mass is 310 g/mol. The summed E-state index contributed by atoms with van der Waals surface area (Å²) in [4.78, 5) is 4.71. The fourth-order valence-corrected chi connectivity index (χ4v) is 3.14. The van der Waals surface area contributed by atoms with Crippen molar-refractivity contribution in [3.05, 3.63) is 59.7 Å². The van der Waals surface area contributed by atoms with Crippen LogP contribution >= 0.6 is 0 Å². The fraction of sp³-hybridized carbons (Fsp3) is 0.400. The average molecular weight is 310 g/mol. The largest absolute Gasteiger partial charge is 0.379 e. The number of rotatable bonds is 5. The number of hydrogen-bond donors (Lipinski definition) is 0. The summed E-state index contributed by atoms with van der Waals surface area (Å²) in [6.45, 7) is 5.70. The third-order valence-electron chi connectivity index (χ3n) is 4.25. The molecule has 2 aromatic rings. The highest BCUT2D eigenvalue weighted by Gasteiger charge is 2.14. The van der Waals surface area contributed by atoms with E-state index in [9.17, 15) is 0 Å². The molecule has 0 atom stereocenters. The fourth-order valence-electron chi connectivity index (χ4n) is 3.14. The summed E-state index contributed by atoms with van der Waals surface area (Å²) in [5, 5.41) is 0. The molecule has 3 heteroatoms. The second-order valence-corrected chi connectivity index (χ2v) is 6.48. The van der Waals surface area contributed by atoms with Gasteiger partial charge >= 0.3 is 0 Å². The van der Waals surface area contributed by atoms with E-state index in [2.05, 4.69) is 72.4 Å². The van der Waals surface area contributed by atoms with Gasteiger partial charge in [0.25, 0.3) is 0 Å². The molecule has 0 aromatic heterocycles. The molecular formula is C20H26N2O. The second kappa shape index (κ2) is 7.73. The summed E-state index contributed by atoms with van der Waals surface area (Å²) in [5.41, 5.74) is 5.43. The Kier molecular flexibility index (Phi) is 5.44. The van der Waals surface area contributed by atoms with Gasteiger partial charge in [0.05, 0.1) is 13.2 Å². The van der Waals surface area contributed by atoms with Gasteiger partial charge in [-0.05, 0) is 36.3 Å². The first-order chi connectivity index (χ1) is 11.2. The number of hydrogen-bond acceptors (Lipinski definition) is 3. The first kappa shape index (κ1) is 16.2. The van der Waals surface area contributed by atoms with Crippen molar-refractivity contribution < 1.29 is 4.74 Å². The minimum Gasteiger partial charge on any atom is -0.379 e. The van der Waals surface area contributed by atoms with Crippen LogP contribution in [0.4, 0.5) is 0 Å². The van der Waals surface area contributed by atoms with E-state index in [0.717, 1.165) is 39.4 Å². The highest BCUT2D eigenvalue weighted by atomic mass is 16.5. The second-order valence-electron chi connectivity index (χ2n) is 6.48. The van der Waals surface area contributed by atoms with Gasteiger partial charge in [-0.2, -0.15) is 0 Å². The molecular weight excluding hydrogens is 284 g/mol. The van der Waals surface area contributed by atoms with Gasteiger partial charge in [0.1, 0.15) is 0 Å². The Hall–Kier alpha value is -1.68. The maximum Gasteiger partial charge on any atom is 0.0594 e. The standard InChI is InChI=1S/C20H26N2O/c1-21(2)15-17-8-9-20(18-6-4-3-5-7-18)19(14-17)16-22-10-12-23-13-11-22/h3-9,14H,10-13,15-16H2,1-2H3. The van der Waals surface area contributed by atoms with Crippen molar-refractivity contribution in [2.75, 3.05) is 40.4 Å². The predicted octanol–water partition coefficient (Wildman–Crippen LogP) is 3.25. The van der Waals surface area contributed by atoms with Crippen molar-refractivity contribution in [3.63, 3.8) is 0 Å². The van der Waals surface area contributed by atoms with Crippen LogP contribution in [0, 0.1) is 0 Å². The number of nitrogens with zero attached hydrogens (tertiary/aromatic N) is 2. The zero-order chi connectivity index (χ0) is 16.1. The van der Waals surface area contributed by atoms with Crippen molar-refractivity contribution in [1.82, 2.24) is 9.80 Å². The van der Waals surface area contributed by atoms with Gasteiger partial charge in [-0.3, -0.25) is 4.90 Å². The SMILES string of the molecule is CN(C)Cc1ccc(-c2ccccc2)c(CN2CCOCC2)c1. The molecule has 0 unspecified atom stereocenters. The molecule has 3 nitrogen and oxygen atoms in total. The van der Waals surface area contributed by atoms with Gasteiger partial charge in [-0.1, -0.05) is 48.5 Å². The lowest BCUT2D eigenvalue weighted by molar-refractivity contribution is 0.0342. The quantitative estimate of drug-likeness (QED) is 0.843. The Morgan fingerprint density at radius 1 is 1.00 bits per heavy atom.